The molecule has 0 unspecified atom stereocenters. The fraction of sp³-hybridized carbons (Fsp3) is 0.571. The fourth-order valence-electron chi connectivity index (χ4n) is 1.65. The number of nitrogens with two attached hydrogens (primary N) is 1. The number of aliphatic hydroxyl groups excluding tert-OH is 1. The Kier molecular flexibility index (Phi) is 6.52. The molecular weight excluding hydrogens is 291 g/mol. The molecule has 0 aliphatic carbocycles. The molecule has 1 aromatic rings. The minimum Gasteiger partial charge on any atom is -0.388 e. The summed E-state index contributed by atoms with van der Waals surface area (Å²) >= 11 is 0. The van der Waals surface area contributed by atoms with Crippen LogP contribution >= 0.6 is 12.4 Å². The molecule has 0 amide bonds. The molecule has 0 aliphatic rings. The number of benzene rings is 1. The van der Waals surface area contributed by atoms with Crippen molar-refractivity contribution in [1.29, 1.82) is 0 Å². The monoisotopic (exact) mass is 311 g/mol. The number of rotatable bonds is 3. The van der Waals surface area contributed by atoms with Crippen LogP contribution in [0.3, 0.4) is 0 Å². The summed E-state index contributed by atoms with van der Waals surface area (Å²) in [6, 6.07) is 4.44. The molecule has 6 heteroatoms. The van der Waals surface area contributed by atoms with Crippen molar-refractivity contribution in [2.45, 2.75) is 45.5 Å². The Morgan fingerprint density at radius 2 is 1.75 bits per heavy atom. The lowest BCUT2D eigenvalue weighted by Crippen LogP contribution is -2.36. The number of aliphatic hydroxyl groups is 1. The molecule has 1 rings (SSSR count). The third-order valence-corrected chi connectivity index (χ3v) is 3.19. The van der Waals surface area contributed by atoms with Gasteiger partial charge in [0.1, 0.15) is 0 Å². The minimum atomic E-state index is -4.40. The van der Waals surface area contributed by atoms with Crippen molar-refractivity contribution in [1.82, 2.24) is 0 Å². The SMILES string of the molecule is CC(C)(C)[C@H](N)C[C@@H](O)c1cccc(C(F)(F)F)c1.Cl. The number of hydrogen-bond acceptors (Lipinski definition) is 2. The first kappa shape index (κ1) is 19.2. The Morgan fingerprint density at radius 1 is 1.20 bits per heavy atom. The Hall–Kier alpha value is -0.780. The van der Waals surface area contributed by atoms with Gasteiger partial charge >= 0.3 is 6.18 Å². The van der Waals surface area contributed by atoms with Gasteiger partial charge in [-0.2, -0.15) is 13.2 Å². The van der Waals surface area contributed by atoms with Crippen LogP contribution in [0.4, 0.5) is 13.2 Å². The molecule has 0 saturated carbocycles. The van der Waals surface area contributed by atoms with E-state index in [1.54, 1.807) is 0 Å². The third kappa shape index (κ3) is 5.31. The van der Waals surface area contributed by atoms with E-state index >= 15 is 0 Å². The summed E-state index contributed by atoms with van der Waals surface area (Å²) in [6.45, 7) is 5.78. The van der Waals surface area contributed by atoms with Crippen LogP contribution in [-0.4, -0.2) is 11.1 Å². The topological polar surface area (TPSA) is 46.2 Å². The minimum absolute atomic E-state index is 0. The van der Waals surface area contributed by atoms with Crippen molar-refractivity contribution < 1.29 is 18.3 Å². The van der Waals surface area contributed by atoms with E-state index in [4.69, 9.17) is 5.73 Å². The molecule has 0 spiro atoms. The summed E-state index contributed by atoms with van der Waals surface area (Å²) in [5.41, 5.74) is 5.21. The van der Waals surface area contributed by atoms with Gasteiger partial charge in [0.2, 0.25) is 0 Å². The Labute approximate surface area is 123 Å². The lowest BCUT2D eigenvalue weighted by Gasteiger charge is -2.29. The molecule has 0 heterocycles. The molecule has 0 radical (unpaired) electrons. The Balaban J connectivity index is 0.00000361. The molecule has 116 valence electrons. The van der Waals surface area contributed by atoms with E-state index in [2.05, 4.69) is 0 Å². The molecule has 2 atom stereocenters. The summed E-state index contributed by atoms with van der Waals surface area (Å²) in [6.07, 6.45) is -5.16. The molecule has 0 bridgehead atoms. The molecule has 0 fully saturated rings. The lowest BCUT2D eigenvalue weighted by atomic mass is 9.83. The van der Waals surface area contributed by atoms with Crippen LogP contribution in [0.2, 0.25) is 0 Å². The smallest absolute Gasteiger partial charge is 0.388 e. The highest BCUT2D eigenvalue weighted by Gasteiger charge is 2.31. The van der Waals surface area contributed by atoms with Crippen LogP contribution in [0.25, 0.3) is 0 Å². The zero-order valence-electron chi connectivity index (χ0n) is 11.7. The zero-order chi connectivity index (χ0) is 14.8. The molecule has 3 N–H and O–H groups in total. The number of halogens is 4. The maximum atomic E-state index is 12.6. The van der Waals surface area contributed by atoms with Gasteiger partial charge in [0.25, 0.3) is 0 Å². The Bertz CT molecular complexity index is 429. The van der Waals surface area contributed by atoms with Crippen LogP contribution in [0.1, 0.15) is 44.4 Å². The summed E-state index contributed by atoms with van der Waals surface area (Å²) in [5, 5.41) is 10.00. The first-order valence-electron chi connectivity index (χ1n) is 6.12. The van der Waals surface area contributed by atoms with Crippen molar-refractivity contribution in [3.63, 3.8) is 0 Å². The lowest BCUT2D eigenvalue weighted by molar-refractivity contribution is -0.137. The standard InChI is InChI=1S/C14H20F3NO.ClH/c1-13(2,3)12(18)8-11(19)9-5-4-6-10(7-9)14(15,16)17;/h4-7,11-12,19H,8,18H2,1-3H3;1H/t11-,12-;/m1./s1. The second-order valence-electron chi connectivity index (χ2n) is 5.85. The van der Waals surface area contributed by atoms with Crippen molar-refractivity contribution in [2.75, 3.05) is 0 Å². The predicted molar refractivity (Wildman–Crippen MR) is 75.7 cm³/mol. The average molecular weight is 312 g/mol. The van der Waals surface area contributed by atoms with Gasteiger partial charge in [-0.3, -0.25) is 0 Å². The molecular formula is C14H21ClF3NO. The molecule has 0 aromatic heterocycles. The van der Waals surface area contributed by atoms with E-state index < -0.39 is 17.8 Å². The molecule has 0 saturated heterocycles. The van der Waals surface area contributed by atoms with Gasteiger partial charge in [-0.05, 0) is 29.5 Å². The average Bonchev–Trinajstić information content (AvgIpc) is 2.26. The second kappa shape index (κ2) is 6.78. The van der Waals surface area contributed by atoms with E-state index in [1.807, 2.05) is 20.8 Å². The predicted octanol–water partition coefficient (Wildman–Crippen LogP) is 3.92. The van der Waals surface area contributed by atoms with Gasteiger partial charge in [-0.1, -0.05) is 32.9 Å². The van der Waals surface area contributed by atoms with Crippen LogP contribution in [0, 0.1) is 5.41 Å². The van der Waals surface area contributed by atoms with Crippen molar-refractivity contribution in [2.24, 2.45) is 11.1 Å². The van der Waals surface area contributed by atoms with Gasteiger partial charge in [0.05, 0.1) is 11.7 Å². The highest BCUT2D eigenvalue weighted by Crippen LogP contribution is 2.32. The van der Waals surface area contributed by atoms with E-state index in [0.29, 0.717) is 0 Å². The number of hydrogen-bond donors (Lipinski definition) is 2. The van der Waals surface area contributed by atoms with Crippen molar-refractivity contribution in [3.8, 4) is 0 Å². The summed E-state index contributed by atoms with van der Waals surface area (Å²) in [4.78, 5) is 0. The number of alkyl halides is 3. The highest BCUT2D eigenvalue weighted by atomic mass is 35.5. The van der Waals surface area contributed by atoms with Crippen molar-refractivity contribution >= 4 is 12.4 Å². The van der Waals surface area contributed by atoms with Crippen LogP contribution in [0.15, 0.2) is 24.3 Å². The van der Waals surface area contributed by atoms with Crippen LogP contribution in [-0.2, 0) is 6.18 Å². The van der Waals surface area contributed by atoms with Gasteiger partial charge in [-0.25, -0.2) is 0 Å². The maximum absolute atomic E-state index is 12.6. The van der Waals surface area contributed by atoms with Crippen LogP contribution in [0.5, 0.6) is 0 Å². The second-order valence-corrected chi connectivity index (χ2v) is 5.85. The Morgan fingerprint density at radius 3 is 2.20 bits per heavy atom. The molecule has 2 nitrogen and oxygen atoms in total. The maximum Gasteiger partial charge on any atom is 0.416 e. The fourth-order valence-corrected chi connectivity index (χ4v) is 1.65. The van der Waals surface area contributed by atoms with Gasteiger partial charge in [0, 0.05) is 6.04 Å². The van der Waals surface area contributed by atoms with E-state index in [-0.39, 0.29) is 35.8 Å². The van der Waals surface area contributed by atoms with E-state index in [1.165, 1.54) is 12.1 Å². The first-order valence-corrected chi connectivity index (χ1v) is 6.12. The highest BCUT2D eigenvalue weighted by molar-refractivity contribution is 5.85. The van der Waals surface area contributed by atoms with Gasteiger partial charge in [-0.15, -0.1) is 12.4 Å². The van der Waals surface area contributed by atoms with Gasteiger partial charge in [0.15, 0.2) is 0 Å². The molecule has 0 aliphatic heterocycles. The third-order valence-electron chi connectivity index (χ3n) is 3.19. The first-order chi connectivity index (χ1) is 8.51. The van der Waals surface area contributed by atoms with Crippen LogP contribution < -0.4 is 5.73 Å². The normalized spacial score (nSPS) is 15.4. The molecule has 1 aromatic carbocycles. The largest absolute Gasteiger partial charge is 0.416 e. The zero-order valence-corrected chi connectivity index (χ0v) is 12.6. The quantitative estimate of drug-likeness (QED) is 0.888. The van der Waals surface area contributed by atoms with E-state index in [9.17, 15) is 18.3 Å². The molecule has 20 heavy (non-hydrogen) atoms. The summed E-state index contributed by atoms with van der Waals surface area (Å²) in [7, 11) is 0. The summed E-state index contributed by atoms with van der Waals surface area (Å²) < 4.78 is 37.7. The van der Waals surface area contributed by atoms with Gasteiger partial charge < -0.3 is 10.8 Å². The summed E-state index contributed by atoms with van der Waals surface area (Å²) in [5.74, 6) is 0. The van der Waals surface area contributed by atoms with E-state index in [0.717, 1.165) is 12.1 Å². The van der Waals surface area contributed by atoms with Crippen molar-refractivity contribution in [3.05, 3.63) is 35.4 Å².